The number of fused-ring (bicyclic) bond motifs is 3. The van der Waals surface area contributed by atoms with Crippen molar-refractivity contribution in [2.45, 2.75) is 88.7 Å². The summed E-state index contributed by atoms with van der Waals surface area (Å²) in [6.45, 7) is 1.69. The van der Waals surface area contributed by atoms with E-state index in [1.165, 1.54) is 7.11 Å². The van der Waals surface area contributed by atoms with Crippen LogP contribution in [0.25, 0.3) is 0 Å². The number of benzene rings is 1. The largest absolute Gasteiger partial charge is 0.493 e. The van der Waals surface area contributed by atoms with E-state index in [4.69, 9.17) is 9.47 Å². The molecule has 1 heterocycles. The summed E-state index contributed by atoms with van der Waals surface area (Å²) in [5.41, 5.74) is 1.63. The average Bonchev–Trinajstić information content (AvgIpc) is 3.55. The summed E-state index contributed by atoms with van der Waals surface area (Å²) in [7, 11) is 1.50. The van der Waals surface area contributed by atoms with E-state index in [1.54, 1.807) is 23.1 Å². The van der Waals surface area contributed by atoms with Crippen LogP contribution in [0.3, 0.4) is 0 Å². The van der Waals surface area contributed by atoms with Crippen LogP contribution in [0.5, 0.6) is 11.5 Å². The molecular weight excluding hydrogens is 464 g/mol. The van der Waals surface area contributed by atoms with Crippen molar-refractivity contribution in [2.75, 3.05) is 20.3 Å². The molecule has 4 atom stereocenters. The van der Waals surface area contributed by atoms with Crippen LogP contribution >= 0.6 is 0 Å². The summed E-state index contributed by atoms with van der Waals surface area (Å²) < 4.78 is 11.8. The number of hydrogen-bond donors (Lipinski definition) is 4. The Kier molecular flexibility index (Phi) is 8.54. The van der Waals surface area contributed by atoms with E-state index < -0.39 is 24.2 Å². The van der Waals surface area contributed by atoms with Gasteiger partial charge in [-0.3, -0.25) is 9.59 Å². The molecule has 9 heteroatoms. The first kappa shape index (κ1) is 26.4. The summed E-state index contributed by atoms with van der Waals surface area (Å²) in [4.78, 5) is 28.6. The van der Waals surface area contributed by atoms with E-state index in [1.807, 2.05) is 6.92 Å². The monoisotopic (exact) mass is 502 g/mol. The number of amides is 2. The minimum atomic E-state index is -1.06. The number of rotatable bonds is 10. The summed E-state index contributed by atoms with van der Waals surface area (Å²) in [5, 5.41) is 33.5. The molecule has 36 heavy (non-hydrogen) atoms. The Balaban J connectivity index is 1.79. The summed E-state index contributed by atoms with van der Waals surface area (Å²) >= 11 is 0. The van der Waals surface area contributed by atoms with Gasteiger partial charge in [-0.1, -0.05) is 26.2 Å². The highest BCUT2D eigenvalue weighted by atomic mass is 16.5. The van der Waals surface area contributed by atoms with Crippen molar-refractivity contribution < 1.29 is 34.4 Å². The quantitative estimate of drug-likeness (QED) is 0.384. The van der Waals surface area contributed by atoms with Gasteiger partial charge in [0.2, 0.25) is 11.8 Å². The lowest BCUT2D eigenvalue weighted by atomic mass is 9.77. The molecule has 9 nitrogen and oxygen atoms in total. The third kappa shape index (κ3) is 4.96. The minimum absolute atomic E-state index is 0.00265. The molecule has 0 unspecified atom stereocenters. The molecule has 1 aromatic rings. The molecule has 0 radical (unpaired) electrons. The predicted octanol–water partition coefficient (Wildman–Crippen LogP) is 1.77. The van der Waals surface area contributed by atoms with E-state index >= 15 is 0 Å². The van der Waals surface area contributed by atoms with Crippen molar-refractivity contribution in [3.63, 3.8) is 0 Å². The first-order valence-corrected chi connectivity index (χ1v) is 13.0. The second-order valence-corrected chi connectivity index (χ2v) is 9.86. The second kappa shape index (κ2) is 11.6. The number of unbranched alkanes of at least 4 members (excludes halogenated alkanes) is 1. The van der Waals surface area contributed by atoms with Crippen molar-refractivity contribution in [2.24, 2.45) is 0 Å². The van der Waals surface area contributed by atoms with Gasteiger partial charge in [0, 0.05) is 30.1 Å². The fraction of sp³-hybridized carbons (Fsp3) is 0.630. The van der Waals surface area contributed by atoms with Crippen LogP contribution in [0, 0.1) is 0 Å². The Labute approximate surface area is 212 Å². The highest BCUT2D eigenvalue weighted by Gasteiger charge is 2.52. The second-order valence-electron chi connectivity index (χ2n) is 9.86. The van der Waals surface area contributed by atoms with Crippen LogP contribution in [-0.2, 0) is 16.2 Å². The SMILES string of the molecule is CCCCC(=O)N(C1CCCC1)[C@@H]1C=C(C(=O)NCCO)[C@@H]2c3cc(CO)cc(OC)c3O[C@@H]2[C@H]1O. The lowest BCUT2D eigenvalue weighted by Gasteiger charge is -2.43. The number of hydrogen-bond acceptors (Lipinski definition) is 7. The Morgan fingerprint density at radius 3 is 2.61 bits per heavy atom. The lowest BCUT2D eigenvalue weighted by Crippen LogP contribution is -2.58. The molecule has 0 bridgehead atoms. The van der Waals surface area contributed by atoms with Crippen LogP contribution in [0.15, 0.2) is 23.8 Å². The third-order valence-electron chi connectivity index (χ3n) is 7.57. The van der Waals surface area contributed by atoms with Crippen LogP contribution < -0.4 is 14.8 Å². The van der Waals surface area contributed by atoms with Crippen molar-refractivity contribution in [3.8, 4) is 11.5 Å². The van der Waals surface area contributed by atoms with Crippen LogP contribution in [0.2, 0.25) is 0 Å². The van der Waals surface area contributed by atoms with E-state index in [0.717, 1.165) is 38.5 Å². The topological polar surface area (TPSA) is 129 Å². The van der Waals surface area contributed by atoms with Crippen LogP contribution in [0.4, 0.5) is 0 Å². The van der Waals surface area contributed by atoms with Gasteiger partial charge in [-0.05, 0) is 43.0 Å². The Bertz CT molecular complexity index is 989. The van der Waals surface area contributed by atoms with Gasteiger partial charge in [-0.15, -0.1) is 0 Å². The van der Waals surface area contributed by atoms with E-state index in [-0.39, 0.29) is 37.6 Å². The minimum Gasteiger partial charge on any atom is -0.493 e. The maximum Gasteiger partial charge on any atom is 0.247 e. The van der Waals surface area contributed by atoms with Gasteiger partial charge >= 0.3 is 0 Å². The molecule has 2 aliphatic carbocycles. The van der Waals surface area contributed by atoms with Gasteiger partial charge in [-0.25, -0.2) is 0 Å². The highest BCUT2D eigenvalue weighted by Crippen LogP contribution is 2.51. The number of nitrogens with zero attached hydrogens (tertiary/aromatic N) is 1. The zero-order chi connectivity index (χ0) is 25.8. The highest BCUT2D eigenvalue weighted by molar-refractivity contribution is 5.96. The molecule has 1 fully saturated rings. The number of methoxy groups -OCH3 is 1. The standard InChI is InChI=1S/C27H38N2O7/c1-3-4-9-22(32)29(17-7-5-6-8-17)20-14-19(27(34)28-10-11-30)23-18-12-16(15-31)13-21(35-2)25(18)36-26(23)24(20)33/h12-14,17,20,23-24,26,30-31,33H,3-11,15H2,1-2H3,(H,28,34)/t20-,23+,24+,26+/m1/s1. The molecule has 4 N–H and O–H groups in total. The first-order valence-electron chi connectivity index (χ1n) is 13.0. The van der Waals surface area contributed by atoms with Crippen molar-refractivity contribution in [3.05, 3.63) is 34.9 Å². The number of aliphatic hydroxyl groups is 3. The van der Waals surface area contributed by atoms with Gasteiger partial charge in [0.15, 0.2) is 11.5 Å². The zero-order valence-electron chi connectivity index (χ0n) is 21.1. The molecule has 4 rings (SSSR count). The van der Waals surface area contributed by atoms with Crippen molar-refractivity contribution in [1.82, 2.24) is 10.2 Å². The Morgan fingerprint density at radius 1 is 1.22 bits per heavy atom. The molecule has 1 saturated carbocycles. The number of carbonyl (C=O) groups excluding carboxylic acids is 2. The molecular formula is C27H38N2O7. The van der Waals surface area contributed by atoms with Crippen molar-refractivity contribution in [1.29, 1.82) is 0 Å². The average molecular weight is 503 g/mol. The van der Waals surface area contributed by atoms with Gasteiger partial charge in [-0.2, -0.15) is 0 Å². The maximum absolute atomic E-state index is 13.4. The fourth-order valence-corrected chi connectivity index (χ4v) is 5.84. The summed E-state index contributed by atoms with van der Waals surface area (Å²) in [6.07, 6.45) is 5.65. The molecule has 0 aromatic heterocycles. The van der Waals surface area contributed by atoms with Crippen LogP contribution in [0.1, 0.15) is 68.9 Å². The smallest absolute Gasteiger partial charge is 0.247 e. The molecule has 1 aliphatic heterocycles. The molecule has 1 aromatic carbocycles. The molecule has 0 saturated heterocycles. The lowest BCUT2D eigenvalue weighted by molar-refractivity contribution is -0.140. The van der Waals surface area contributed by atoms with Gasteiger partial charge in [0.25, 0.3) is 0 Å². The number of ether oxygens (including phenoxy) is 2. The number of aliphatic hydroxyl groups excluding tert-OH is 3. The van der Waals surface area contributed by atoms with Gasteiger partial charge < -0.3 is 35.0 Å². The third-order valence-corrected chi connectivity index (χ3v) is 7.57. The molecule has 2 amide bonds. The van der Waals surface area contributed by atoms with Crippen LogP contribution in [-0.4, -0.2) is 76.6 Å². The summed E-state index contributed by atoms with van der Waals surface area (Å²) in [6, 6.07) is 2.73. The maximum atomic E-state index is 13.4. The fourth-order valence-electron chi connectivity index (χ4n) is 5.84. The number of nitrogens with one attached hydrogen (secondary N) is 1. The zero-order valence-corrected chi connectivity index (χ0v) is 21.1. The van der Waals surface area contributed by atoms with E-state index in [9.17, 15) is 24.9 Å². The predicted molar refractivity (Wildman–Crippen MR) is 133 cm³/mol. The van der Waals surface area contributed by atoms with E-state index in [2.05, 4.69) is 5.32 Å². The van der Waals surface area contributed by atoms with E-state index in [0.29, 0.717) is 34.6 Å². The molecule has 198 valence electrons. The Hall–Kier alpha value is -2.62. The van der Waals surface area contributed by atoms with Gasteiger partial charge in [0.1, 0.15) is 12.2 Å². The summed E-state index contributed by atoms with van der Waals surface area (Å²) in [5.74, 6) is -0.172. The van der Waals surface area contributed by atoms with Crippen molar-refractivity contribution >= 4 is 11.8 Å². The Morgan fingerprint density at radius 2 is 1.97 bits per heavy atom. The molecule has 0 spiro atoms. The molecule has 3 aliphatic rings. The normalized spacial score (nSPS) is 25.0. The van der Waals surface area contributed by atoms with Gasteiger partial charge in [0.05, 0.1) is 32.3 Å². The first-order chi connectivity index (χ1) is 17.4. The number of carbonyl (C=O) groups is 2.